The number of amides is 1. The lowest BCUT2D eigenvalue weighted by atomic mass is 9.86. The highest BCUT2D eigenvalue weighted by atomic mass is 19.3. The number of anilines is 1. The molecule has 0 radical (unpaired) electrons. The average molecular weight is 544 g/mol. The van der Waals surface area contributed by atoms with Crippen LogP contribution in [0.4, 0.5) is 14.7 Å². The summed E-state index contributed by atoms with van der Waals surface area (Å²) in [4.78, 5) is 27.4. The number of alkyl halides is 2. The number of imidazole rings is 1. The van der Waals surface area contributed by atoms with Gasteiger partial charge in [-0.25, -0.2) is 13.8 Å². The van der Waals surface area contributed by atoms with E-state index in [1.165, 1.54) is 4.57 Å². The topological polar surface area (TPSA) is 106 Å². The van der Waals surface area contributed by atoms with E-state index in [9.17, 15) is 13.6 Å². The van der Waals surface area contributed by atoms with E-state index in [0.717, 1.165) is 31.2 Å². The summed E-state index contributed by atoms with van der Waals surface area (Å²) in [5.74, 6) is 0.984. The lowest BCUT2D eigenvalue weighted by Gasteiger charge is -2.29. The van der Waals surface area contributed by atoms with E-state index in [0.29, 0.717) is 74.1 Å². The van der Waals surface area contributed by atoms with Gasteiger partial charge in [-0.15, -0.1) is 0 Å². The molecule has 1 aromatic carbocycles. The first-order valence-corrected chi connectivity index (χ1v) is 13.5. The number of ether oxygens (including phenoxy) is 2. The number of likely N-dealkylation sites (N-methyl/N-ethyl adjacent to an activating group) is 1. The highest BCUT2D eigenvalue weighted by Crippen LogP contribution is 2.31. The van der Waals surface area contributed by atoms with Gasteiger partial charge in [-0.1, -0.05) is 6.07 Å². The molecule has 1 amide bonds. The Kier molecular flexibility index (Phi) is 8.51. The second-order valence-corrected chi connectivity index (χ2v) is 10.2. The summed E-state index contributed by atoms with van der Waals surface area (Å²) in [6.45, 7) is 4.93. The van der Waals surface area contributed by atoms with E-state index < -0.39 is 6.43 Å². The van der Waals surface area contributed by atoms with Crippen LogP contribution in [0, 0.1) is 12.8 Å². The molecule has 1 saturated heterocycles. The van der Waals surface area contributed by atoms with E-state index in [-0.39, 0.29) is 17.8 Å². The van der Waals surface area contributed by atoms with Gasteiger partial charge in [0.1, 0.15) is 5.82 Å². The maximum absolute atomic E-state index is 14.1. The number of morpholine rings is 1. The Hall–Kier alpha value is -3.38. The summed E-state index contributed by atoms with van der Waals surface area (Å²) < 4.78 is 41.3. The molecular weight excluding hydrogens is 508 g/mol. The van der Waals surface area contributed by atoms with Gasteiger partial charge in [0.25, 0.3) is 6.43 Å². The quantitative estimate of drug-likeness (QED) is 0.424. The highest BCUT2D eigenvalue weighted by Gasteiger charge is 2.26. The van der Waals surface area contributed by atoms with Gasteiger partial charge in [0.2, 0.25) is 17.7 Å². The smallest absolute Gasteiger partial charge is 0.296 e. The molecule has 0 bridgehead atoms. The number of nitrogens with zero attached hydrogens (tertiary/aromatic N) is 5. The van der Waals surface area contributed by atoms with Crippen molar-refractivity contribution in [1.29, 1.82) is 0 Å². The van der Waals surface area contributed by atoms with Gasteiger partial charge < -0.3 is 25.0 Å². The first-order valence-electron chi connectivity index (χ1n) is 13.5. The highest BCUT2D eigenvalue weighted by molar-refractivity contribution is 5.79. The molecular formula is C27H35F2N7O3. The molecule has 1 aliphatic heterocycles. The Morgan fingerprint density at radius 2 is 1.90 bits per heavy atom. The fourth-order valence-electron chi connectivity index (χ4n) is 5.20. The number of halogens is 2. The summed E-state index contributed by atoms with van der Waals surface area (Å²) in [5.41, 5.74) is 1.96. The number of rotatable bonds is 9. The van der Waals surface area contributed by atoms with Crippen molar-refractivity contribution in [1.82, 2.24) is 30.2 Å². The van der Waals surface area contributed by atoms with E-state index >= 15 is 0 Å². The molecule has 12 heteroatoms. The number of aryl methyl sites for hydroxylation is 1. The molecule has 1 saturated carbocycles. The van der Waals surface area contributed by atoms with Gasteiger partial charge in [0, 0.05) is 25.2 Å². The monoisotopic (exact) mass is 543 g/mol. The first-order chi connectivity index (χ1) is 18.9. The van der Waals surface area contributed by atoms with E-state index in [2.05, 4.69) is 20.6 Å². The van der Waals surface area contributed by atoms with Gasteiger partial charge in [0.05, 0.1) is 37.4 Å². The van der Waals surface area contributed by atoms with Crippen molar-refractivity contribution in [3.05, 3.63) is 35.7 Å². The van der Waals surface area contributed by atoms with Crippen molar-refractivity contribution in [3.63, 3.8) is 0 Å². The number of hydrogen-bond acceptors (Lipinski definition) is 8. The number of fused-ring (bicyclic) bond motifs is 1. The van der Waals surface area contributed by atoms with Gasteiger partial charge in [0.15, 0.2) is 5.82 Å². The summed E-state index contributed by atoms with van der Waals surface area (Å²) >= 11 is 0. The van der Waals surface area contributed by atoms with Crippen LogP contribution < -0.4 is 20.3 Å². The van der Waals surface area contributed by atoms with Crippen LogP contribution >= 0.6 is 0 Å². The minimum Gasteiger partial charge on any atom is -0.477 e. The number of carbonyl (C=O) groups excluding carboxylic acids is 1. The Balaban J connectivity index is 1.39. The van der Waals surface area contributed by atoms with E-state index in [1.807, 2.05) is 24.0 Å². The molecule has 2 fully saturated rings. The van der Waals surface area contributed by atoms with E-state index in [4.69, 9.17) is 14.5 Å². The second kappa shape index (κ2) is 12.2. The van der Waals surface area contributed by atoms with Crippen LogP contribution in [0.5, 0.6) is 5.88 Å². The van der Waals surface area contributed by atoms with Gasteiger partial charge in [-0.05, 0) is 63.3 Å². The minimum absolute atomic E-state index is 0.00624. The lowest BCUT2D eigenvalue weighted by Crippen LogP contribution is -2.41. The third-order valence-electron chi connectivity index (χ3n) is 7.25. The Bertz CT molecular complexity index is 1290. The van der Waals surface area contributed by atoms with Crippen LogP contribution in [0.25, 0.3) is 16.9 Å². The normalized spacial score (nSPS) is 20.0. The van der Waals surface area contributed by atoms with Gasteiger partial charge >= 0.3 is 0 Å². The zero-order valence-corrected chi connectivity index (χ0v) is 22.3. The van der Waals surface area contributed by atoms with Crippen LogP contribution in [0.2, 0.25) is 0 Å². The van der Waals surface area contributed by atoms with Gasteiger partial charge in [-0.3, -0.25) is 9.36 Å². The Morgan fingerprint density at radius 1 is 1.13 bits per heavy atom. The maximum atomic E-state index is 14.1. The molecule has 210 valence electrons. The summed E-state index contributed by atoms with van der Waals surface area (Å²) in [5, 5.41) is 5.93. The number of carbonyl (C=O) groups is 1. The van der Waals surface area contributed by atoms with Crippen molar-refractivity contribution < 1.29 is 23.0 Å². The standard InChI is InChI=1S/C27H35F2N7O3/c1-17-3-8-20-21(13-17)36(26(32-20)25(28)29)22-14-24(34-27(33-22)35-9-11-38-12-10-35)39-16-18-4-6-19(7-5-18)31-23(37)15-30-2/h3,8,13-14,18-19,25,30H,4-7,9-12,15-16H2,1-2H3,(H,31,37). The summed E-state index contributed by atoms with van der Waals surface area (Å²) in [6.07, 6.45) is 0.817. The molecule has 0 unspecified atom stereocenters. The fraction of sp³-hybridized carbons (Fsp3) is 0.556. The molecule has 3 aromatic rings. The SMILES string of the molecule is CNCC(=O)NC1CCC(COc2cc(-n3c(C(F)F)nc4ccc(C)cc43)nc(N3CCOCC3)n2)CC1. The minimum atomic E-state index is -2.78. The molecule has 39 heavy (non-hydrogen) atoms. The van der Waals surface area contributed by atoms with Crippen LogP contribution in [-0.2, 0) is 9.53 Å². The Morgan fingerprint density at radius 3 is 2.62 bits per heavy atom. The lowest BCUT2D eigenvalue weighted by molar-refractivity contribution is -0.121. The first kappa shape index (κ1) is 27.2. The largest absolute Gasteiger partial charge is 0.477 e. The predicted octanol–water partition coefficient (Wildman–Crippen LogP) is 3.17. The average Bonchev–Trinajstić information content (AvgIpc) is 3.32. The number of hydrogen-bond donors (Lipinski definition) is 2. The molecule has 10 nitrogen and oxygen atoms in total. The molecule has 2 aromatic heterocycles. The van der Waals surface area contributed by atoms with Crippen LogP contribution in [-0.4, -0.2) is 78.0 Å². The van der Waals surface area contributed by atoms with Crippen LogP contribution in [0.15, 0.2) is 24.3 Å². The predicted molar refractivity (Wildman–Crippen MR) is 143 cm³/mol. The van der Waals surface area contributed by atoms with Crippen molar-refractivity contribution in [3.8, 4) is 11.7 Å². The third kappa shape index (κ3) is 6.44. The molecule has 0 atom stereocenters. The molecule has 3 heterocycles. The third-order valence-corrected chi connectivity index (χ3v) is 7.25. The van der Waals surface area contributed by atoms with Crippen LogP contribution in [0.3, 0.4) is 0 Å². The molecule has 1 aliphatic carbocycles. The summed E-state index contributed by atoms with van der Waals surface area (Å²) in [6, 6.07) is 7.21. The fourth-order valence-corrected chi connectivity index (χ4v) is 5.20. The van der Waals surface area contributed by atoms with Crippen molar-refractivity contribution in [2.24, 2.45) is 5.92 Å². The number of aromatic nitrogens is 4. The number of nitrogens with one attached hydrogen (secondary N) is 2. The van der Waals surface area contributed by atoms with E-state index in [1.54, 1.807) is 19.2 Å². The zero-order valence-electron chi connectivity index (χ0n) is 22.3. The molecule has 2 N–H and O–H groups in total. The number of benzene rings is 1. The zero-order chi connectivity index (χ0) is 27.4. The second-order valence-electron chi connectivity index (χ2n) is 10.2. The summed E-state index contributed by atoms with van der Waals surface area (Å²) in [7, 11) is 1.75. The van der Waals surface area contributed by atoms with Gasteiger partial charge in [-0.2, -0.15) is 9.97 Å². The van der Waals surface area contributed by atoms with Crippen molar-refractivity contribution in [2.45, 2.75) is 45.1 Å². The maximum Gasteiger partial charge on any atom is 0.296 e. The van der Waals surface area contributed by atoms with Crippen molar-refractivity contribution in [2.75, 3.05) is 51.4 Å². The van der Waals surface area contributed by atoms with Crippen molar-refractivity contribution >= 4 is 22.9 Å². The molecule has 0 spiro atoms. The Labute approximate surface area is 226 Å². The molecule has 5 rings (SSSR count). The molecule has 2 aliphatic rings. The van der Waals surface area contributed by atoms with Crippen LogP contribution in [0.1, 0.15) is 43.5 Å².